The first-order chi connectivity index (χ1) is 18.6. The summed E-state index contributed by atoms with van der Waals surface area (Å²) < 4.78 is 10.7. The largest absolute Gasteiger partial charge is 0.506 e. The van der Waals surface area contributed by atoms with E-state index in [1.165, 1.54) is 6.07 Å². The summed E-state index contributed by atoms with van der Waals surface area (Å²) in [7, 11) is 0. The van der Waals surface area contributed by atoms with Gasteiger partial charge in [-0.15, -0.1) is 0 Å². The number of halogens is 2. The molecule has 2 aliphatic rings. The second kappa shape index (κ2) is 12.6. The molecule has 0 aliphatic carbocycles. The molecule has 1 unspecified atom stereocenters. The molecule has 2 aromatic carbocycles. The third kappa shape index (κ3) is 8.45. The number of rotatable bonds is 2. The summed E-state index contributed by atoms with van der Waals surface area (Å²) in [6, 6.07) is 10.3. The van der Waals surface area contributed by atoms with Crippen molar-refractivity contribution in [3.05, 3.63) is 63.6 Å². The molecule has 10 heteroatoms. The zero-order valence-corrected chi connectivity index (χ0v) is 25.3. The van der Waals surface area contributed by atoms with Gasteiger partial charge in [0, 0.05) is 37.7 Å². The Morgan fingerprint density at radius 1 is 0.850 bits per heavy atom. The van der Waals surface area contributed by atoms with Crippen LogP contribution in [0.4, 0.5) is 9.59 Å². The third-order valence-corrected chi connectivity index (χ3v) is 6.99. The van der Waals surface area contributed by atoms with Crippen LogP contribution in [0.1, 0.15) is 65.0 Å². The van der Waals surface area contributed by atoms with Gasteiger partial charge >= 0.3 is 12.2 Å². The maximum atomic E-state index is 12.0. The summed E-state index contributed by atoms with van der Waals surface area (Å²) in [6.45, 7) is 13.2. The van der Waals surface area contributed by atoms with Crippen LogP contribution in [-0.2, 0) is 9.47 Å². The van der Waals surface area contributed by atoms with Crippen LogP contribution in [-0.4, -0.2) is 69.6 Å². The van der Waals surface area contributed by atoms with Crippen LogP contribution in [0.2, 0.25) is 10.0 Å². The van der Waals surface area contributed by atoms with Gasteiger partial charge in [-0.3, -0.25) is 0 Å². The summed E-state index contributed by atoms with van der Waals surface area (Å²) in [6.07, 6.45) is 2.10. The molecule has 0 saturated carbocycles. The Hall–Kier alpha value is -3.10. The smallest absolute Gasteiger partial charge is 0.410 e. The lowest BCUT2D eigenvalue weighted by molar-refractivity contribution is 0.0287. The van der Waals surface area contributed by atoms with E-state index in [0.29, 0.717) is 36.2 Å². The number of carbonyl (C=O) groups is 2. The Labute approximate surface area is 246 Å². The third-order valence-electron chi connectivity index (χ3n) is 6.18. The number of hydrogen-bond acceptors (Lipinski definition) is 6. The average Bonchev–Trinajstić information content (AvgIpc) is 3.52. The van der Waals surface area contributed by atoms with Crippen LogP contribution in [0.15, 0.2) is 42.5 Å². The minimum absolute atomic E-state index is 0.0424. The summed E-state index contributed by atoms with van der Waals surface area (Å²) in [5.74, 6) is 0.266. The number of likely N-dealkylation sites (tertiary alicyclic amines) is 1. The van der Waals surface area contributed by atoms with Crippen LogP contribution in [0.25, 0.3) is 5.57 Å². The number of aromatic hydroxyl groups is 2. The predicted molar refractivity (Wildman–Crippen MR) is 157 cm³/mol. The molecule has 2 aliphatic heterocycles. The van der Waals surface area contributed by atoms with Crippen molar-refractivity contribution in [2.24, 2.45) is 0 Å². The van der Waals surface area contributed by atoms with Crippen molar-refractivity contribution in [1.82, 2.24) is 9.80 Å². The molecule has 2 heterocycles. The highest BCUT2D eigenvalue weighted by Gasteiger charge is 2.32. The molecule has 4 rings (SSSR count). The minimum atomic E-state index is -0.511. The molecule has 2 aromatic rings. The molecule has 1 fully saturated rings. The van der Waals surface area contributed by atoms with Gasteiger partial charge in [-0.2, -0.15) is 0 Å². The van der Waals surface area contributed by atoms with Crippen molar-refractivity contribution in [3.63, 3.8) is 0 Å². The van der Waals surface area contributed by atoms with Crippen LogP contribution < -0.4 is 0 Å². The molecule has 0 spiro atoms. The lowest BCUT2D eigenvalue weighted by Gasteiger charge is -2.24. The number of phenolic OH excluding ortho intramolecular Hbond substituents is 2. The van der Waals surface area contributed by atoms with E-state index >= 15 is 0 Å². The fourth-order valence-corrected chi connectivity index (χ4v) is 4.87. The number of benzene rings is 2. The summed E-state index contributed by atoms with van der Waals surface area (Å²) >= 11 is 12.2. The predicted octanol–water partition coefficient (Wildman–Crippen LogP) is 7.45. The zero-order chi connectivity index (χ0) is 29.8. The lowest BCUT2D eigenvalue weighted by atomic mass is 9.98. The van der Waals surface area contributed by atoms with Crippen molar-refractivity contribution >= 4 is 41.0 Å². The van der Waals surface area contributed by atoms with Crippen LogP contribution in [0.3, 0.4) is 0 Å². The topological polar surface area (TPSA) is 99.5 Å². The van der Waals surface area contributed by atoms with E-state index in [0.717, 1.165) is 23.1 Å². The van der Waals surface area contributed by atoms with Crippen LogP contribution in [0, 0.1) is 0 Å². The molecule has 1 atom stereocenters. The van der Waals surface area contributed by atoms with Gasteiger partial charge in [0.25, 0.3) is 0 Å². The van der Waals surface area contributed by atoms with Gasteiger partial charge in [-0.25, -0.2) is 9.59 Å². The first-order valence-corrected chi connectivity index (χ1v) is 13.9. The van der Waals surface area contributed by atoms with Crippen molar-refractivity contribution < 1.29 is 29.3 Å². The number of carbonyl (C=O) groups excluding carboxylic acids is 2. The summed E-state index contributed by atoms with van der Waals surface area (Å²) in [5.41, 5.74) is 1.55. The normalized spacial score (nSPS) is 17.2. The first-order valence-electron chi connectivity index (χ1n) is 13.2. The number of ether oxygens (including phenoxy) is 2. The van der Waals surface area contributed by atoms with Gasteiger partial charge in [0.15, 0.2) is 0 Å². The van der Waals surface area contributed by atoms with E-state index in [9.17, 15) is 19.8 Å². The quantitative estimate of drug-likeness (QED) is 0.375. The lowest BCUT2D eigenvalue weighted by Crippen LogP contribution is -2.35. The summed E-state index contributed by atoms with van der Waals surface area (Å²) in [4.78, 5) is 27.3. The Morgan fingerprint density at radius 2 is 1.40 bits per heavy atom. The molecule has 218 valence electrons. The van der Waals surface area contributed by atoms with E-state index in [1.54, 1.807) is 28.0 Å². The number of phenols is 2. The van der Waals surface area contributed by atoms with E-state index in [-0.39, 0.29) is 29.6 Å². The molecule has 40 heavy (non-hydrogen) atoms. The monoisotopic (exact) mass is 592 g/mol. The highest BCUT2D eigenvalue weighted by Crippen LogP contribution is 2.37. The maximum Gasteiger partial charge on any atom is 0.410 e. The number of hydrogen-bond donors (Lipinski definition) is 2. The fourth-order valence-electron chi connectivity index (χ4n) is 4.34. The highest BCUT2D eigenvalue weighted by atomic mass is 35.5. The molecular formula is C30H38Cl2N2O6. The fraction of sp³-hybridized carbons (Fsp3) is 0.467. The molecule has 2 N–H and O–H groups in total. The molecule has 2 amide bonds. The van der Waals surface area contributed by atoms with Crippen LogP contribution >= 0.6 is 23.2 Å². The molecule has 1 saturated heterocycles. The van der Waals surface area contributed by atoms with Crippen molar-refractivity contribution in [2.45, 2.75) is 65.1 Å². The molecule has 0 aromatic heterocycles. The van der Waals surface area contributed by atoms with Gasteiger partial charge < -0.3 is 29.5 Å². The van der Waals surface area contributed by atoms with E-state index in [2.05, 4.69) is 0 Å². The Bertz CT molecular complexity index is 1240. The second-order valence-corrected chi connectivity index (χ2v) is 12.6. The first kappa shape index (κ1) is 31.4. The van der Waals surface area contributed by atoms with E-state index < -0.39 is 11.2 Å². The highest BCUT2D eigenvalue weighted by molar-refractivity contribution is 6.34. The molecule has 0 radical (unpaired) electrons. The Balaban J connectivity index is 0.000000220. The average molecular weight is 594 g/mol. The Kier molecular flexibility index (Phi) is 9.90. The standard InChI is InChI=1S/C15H20ClNO3.C15H18ClNO3/c2*1-15(2,3)20-14(19)17-8-7-10(9-17)11-5-4-6-12(18)13(11)16/h4-6,10,18H,7-9H2,1-3H3;4-7,18H,8-9H2,1-3H3. The number of amides is 2. The van der Waals surface area contributed by atoms with E-state index in [4.69, 9.17) is 32.7 Å². The Morgan fingerprint density at radius 3 is 2.00 bits per heavy atom. The van der Waals surface area contributed by atoms with Gasteiger partial charge in [-0.05, 0) is 71.2 Å². The number of nitrogens with zero attached hydrogens (tertiary/aromatic N) is 2. The van der Waals surface area contributed by atoms with Gasteiger partial charge in [0.05, 0.1) is 10.0 Å². The second-order valence-electron chi connectivity index (χ2n) is 11.8. The maximum absolute atomic E-state index is 12.0. The van der Waals surface area contributed by atoms with Crippen molar-refractivity contribution in [1.29, 1.82) is 0 Å². The van der Waals surface area contributed by atoms with Gasteiger partial charge in [-0.1, -0.05) is 53.5 Å². The molecule has 8 nitrogen and oxygen atoms in total. The van der Waals surface area contributed by atoms with Crippen molar-refractivity contribution in [3.8, 4) is 11.5 Å². The van der Waals surface area contributed by atoms with Gasteiger partial charge in [0.2, 0.25) is 0 Å². The zero-order valence-electron chi connectivity index (χ0n) is 23.8. The summed E-state index contributed by atoms with van der Waals surface area (Å²) in [5, 5.41) is 20.0. The van der Waals surface area contributed by atoms with Crippen molar-refractivity contribution in [2.75, 3.05) is 26.2 Å². The van der Waals surface area contributed by atoms with Crippen LogP contribution in [0.5, 0.6) is 11.5 Å². The SMILES string of the molecule is CC(C)(C)OC(=O)N1CC=C(c2cccc(O)c2Cl)C1.CC(C)(C)OC(=O)N1CCC(c2cccc(O)c2Cl)C1. The van der Waals surface area contributed by atoms with Gasteiger partial charge in [0.1, 0.15) is 22.7 Å². The molecule has 0 bridgehead atoms. The molecular weight excluding hydrogens is 555 g/mol. The minimum Gasteiger partial charge on any atom is -0.506 e. The van der Waals surface area contributed by atoms with E-state index in [1.807, 2.05) is 59.8 Å².